The lowest BCUT2D eigenvalue weighted by atomic mass is 9.74. The minimum atomic E-state index is -0.308. The van der Waals surface area contributed by atoms with Gasteiger partial charge in [-0.3, -0.25) is 4.79 Å². The average Bonchev–Trinajstić information content (AvgIpc) is 3.70. The largest absolute Gasteiger partial charge is 0.381 e. The van der Waals surface area contributed by atoms with Crippen LogP contribution in [0.3, 0.4) is 0 Å². The lowest BCUT2D eigenvalue weighted by molar-refractivity contribution is -0.141. The van der Waals surface area contributed by atoms with Gasteiger partial charge in [-0.2, -0.15) is 0 Å². The second-order valence-corrected chi connectivity index (χ2v) is 13.1. The standard InChI is InChI=1S/C33H48N6O2/c1-21(2)30(22(3)36-27-13-16-41-17-14-27)29-18-25-20-35-33(38-31(25)39(32(29)40)28-6-4-5-7-28)37-26-10-8-23(9-11-26)24-12-15-34-19-24/h8-11,18,20-22,24,27-31,34,36H,4-7,12-17,19H2,1-3H3,(H,37,38). The van der Waals surface area contributed by atoms with E-state index in [4.69, 9.17) is 14.7 Å². The zero-order valence-corrected chi connectivity index (χ0v) is 25.0. The normalized spacial score (nSPS) is 28.9. The van der Waals surface area contributed by atoms with Crippen LogP contribution in [0, 0.1) is 17.8 Å². The fraction of sp³-hybridized carbons (Fsp3) is 0.667. The van der Waals surface area contributed by atoms with E-state index in [2.05, 4.69) is 72.0 Å². The minimum Gasteiger partial charge on any atom is -0.381 e. The number of carbonyl (C=O) groups is 1. The highest BCUT2D eigenvalue weighted by Crippen LogP contribution is 2.39. The van der Waals surface area contributed by atoms with Crippen molar-refractivity contribution in [1.82, 2.24) is 15.5 Å². The van der Waals surface area contributed by atoms with Crippen LogP contribution in [0.5, 0.6) is 0 Å². The van der Waals surface area contributed by atoms with Gasteiger partial charge < -0.3 is 25.6 Å². The molecule has 5 atom stereocenters. The number of ether oxygens (including phenoxy) is 1. The number of rotatable bonds is 8. The smallest absolute Gasteiger partial charge is 0.232 e. The summed E-state index contributed by atoms with van der Waals surface area (Å²) in [6.45, 7) is 10.5. The molecule has 0 bridgehead atoms. The van der Waals surface area contributed by atoms with Crippen LogP contribution >= 0.6 is 0 Å². The van der Waals surface area contributed by atoms with Gasteiger partial charge in [-0.05, 0) is 81.0 Å². The van der Waals surface area contributed by atoms with Crippen LogP contribution in [-0.4, -0.2) is 73.6 Å². The summed E-state index contributed by atoms with van der Waals surface area (Å²) >= 11 is 0. The van der Waals surface area contributed by atoms with E-state index in [1.807, 2.05) is 6.21 Å². The number of guanidine groups is 1. The molecule has 2 saturated heterocycles. The number of nitrogens with one attached hydrogen (secondary N) is 3. The molecule has 8 heteroatoms. The summed E-state index contributed by atoms with van der Waals surface area (Å²) in [7, 11) is 0. The molecule has 3 fully saturated rings. The Morgan fingerprint density at radius 2 is 1.78 bits per heavy atom. The van der Waals surface area contributed by atoms with Gasteiger partial charge in [-0.25, -0.2) is 9.98 Å². The van der Waals surface area contributed by atoms with Crippen molar-refractivity contribution in [3.05, 3.63) is 41.5 Å². The lowest BCUT2D eigenvalue weighted by Gasteiger charge is -2.45. The summed E-state index contributed by atoms with van der Waals surface area (Å²) < 4.78 is 5.58. The molecule has 41 heavy (non-hydrogen) atoms. The van der Waals surface area contributed by atoms with E-state index >= 15 is 0 Å². The summed E-state index contributed by atoms with van der Waals surface area (Å²) in [5.74, 6) is 1.76. The Morgan fingerprint density at radius 3 is 2.46 bits per heavy atom. The van der Waals surface area contributed by atoms with E-state index < -0.39 is 0 Å². The van der Waals surface area contributed by atoms with Gasteiger partial charge in [0.2, 0.25) is 11.9 Å². The first-order chi connectivity index (χ1) is 20.0. The van der Waals surface area contributed by atoms with Crippen molar-refractivity contribution in [3.63, 3.8) is 0 Å². The fourth-order valence-corrected chi connectivity index (χ4v) is 7.81. The highest BCUT2D eigenvalue weighted by molar-refractivity contribution is 6.05. The van der Waals surface area contributed by atoms with Crippen LogP contribution in [0.15, 0.2) is 45.9 Å². The number of hydrogen-bond donors (Lipinski definition) is 3. The third-order valence-electron chi connectivity index (χ3n) is 9.95. The predicted molar refractivity (Wildman–Crippen MR) is 165 cm³/mol. The molecular weight excluding hydrogens is 512 g/mol. The van der Waals surface area contributed by atoms with Gasteiger partial charge in [0.15, 0.2) is 6.17 Å². The highest BCUT2D eigenvalue weighted by Gasteiger charge is 2.46. The number of hydrogen-bond acceptors (Lipinski definition) is 7. The number of nitrogens with zero attached hydrogens (tertiary/aromatic N) is 3. The monoisotopic (exact) mass is 560 g/mol. The van der Waals surface area contributed by atoms with Gasteiger partial charge in [0.1, 0.15) is 0 Å². The number of carbonyl (C=O) groups excluding carboxylic acids is 1. The van der Waals surface area contributed by atoms with E-state index in [0.717, 1.165) is 63.2 Å². The molecular formula is C33H48N6O2. The van der Waals surface area contributed by atoms with Gasteiger partial charge >= 0.3 is 0 Å². The van der Waals surface area contributed by atoms with Gasteiger partial charge in [-0.15, -0.1) is 0 Å². The number of benzene rings is 1. The molecule has 1 saturated carbocycles. The molecule has 3 N–H and O–H groups in total. The van der Waals surface area contributed by atoms with E-state index in [-0.39, 0.29) is 36.0 Å². The summed E-state index contributed by atoms with van der Waals surface area (Å²) in [6.07, 6.45) is 11.5. The third-order valence-corrected chi connectivity index (χ3v) is 9.95. The van der Waals surface area contributed by atoms with Crippen molar-refractivity contribution in [2.24, 2.45) is 27.7 Å². The molecule has 8 nitrogen and oxygen atoms in total. The van der Waals surface area contributed by atoms with Gasteiger partial charge in [0.25, 0.3) is 0 Å². The molecule has 4 heterocycles. The second-order valence-electron chi connectivity index (χ2n) is 13.1. The van der Waals surface area contributed by atoms with Crippen molar-refractivity contribution in [2.45, 2.75) is 95.9 Å². The van der Waals surface area contributed by atoms with Crippen molar-refractivity contribution in [2.75, 3.05) is 31.6 Å². The SMILES string of the molecule is CC(C)C(C(C)NC1CCOCC1)C1C=C2C=NC(Nc3ccc(C4CCNC4)cc3)=NC2N(C2CCCC2)C1=O. The highest BCUT2D eigenvalue weighted by atomic mass is 16.5. The molecule has 4 aliphatic heterocycles. The first kappa shape index (κ1) is 28.6. The first-order valence-corrected chi connectivity index (χ1v) is 16.0. The lowest BCUT2D eigenvalue weighted by Crippen LogP contribution is -2.57. The minimum absolute atomic E-state index is 0.182. The van der Waals surface area contributed by atoms with Crippen molar-refractivity contribution >= 4 is 23.8 Å². The van der Waals surface area contributed by atoms with Gasteiger partial charge in [0.05, 0.1) is 5.92 Å². The number of fused-ring (bicyclic) bond motifs is 1. The Balaban J connectivity index is 1.23. The van der Waals surface area contributed by atoms with E-state index in [9.17, 15) is 4.79 Å². The Bertz CT molecular complexity index is 1140. The molecule has 222 valence electrons. The van der Waals surface area contributed by atoms with E-state index in [0.29, 0.717) is 23.8 Å². The fourth-order valence-electron chi connectivity index (χ4n) is 7.81. The van der Waals surface area contributed by atoms with Crippen LogP contribution in [0.2, 0.25) is 0 Å². The van der Waals surface area contributed by atoms with Gasteiger partial charge in [0, 0.05) is 55.4 Å². The summed E-state index contributed by atoms with van der Waals surface area (Å²) in [5, 5.41) is 10.7. The molecule has 5 aliphatic rings. The second kappa shape index (κ2) is 12.8. The summed E-state index contributed by atoms with van der Waals surface area (Å²) in [5.41, 5.74) is 3.40. The van der Waals surface area contributed by atoms with Crippen LogP contribution in [0.4, 0.5) is 5.69 Å². The van der Waals surface area contributed by atoms with Crippen LogP contribution in [0.25, 0.3) is 0 Å². The maximum absolute atomic E-state index is 14.4. The van der Waals surface area contributed by atoms with Crippen molar-refractivity contribution in [1.29, 1.82) is 0 Å². The van der Waals surface area contributed by atoms with E-state index in [1.165, 1.54) is 24.8 Å². The Kier molecular flexibility index (Phi) is 8.89. The molecule has 0 aromatic heterocycles. The predicted octanol–water partition coefficient (Wildman–Crippen LogP) is 4.70. The summed E-state index contributed by atoms with van der Waals surface area (Å²) in [4.78, 5) is 26.4. The molecule has 1 amide bonds. The topological polar surface area (TPSA) is 90.3 Å². The Hall–Kier alpha value is -2.55. The first-order valence-electron chi connectivity index (χ1n) is 16.0. The average molecular weight is 561 g/mol. The Labute approximate surface area is 245 Å². The van der Waals surface area contributed by atoms with Crippen molar-refractivity contribution < 1.29 is 9.53 Å². The number of aliphatic imine (C=N–C) groups is 2. The van der Waals surface area contributed by atoms with E-state index in [1.54, 1.807) is 0 Å². The van der Waals surface area contributed by atoms with Crippen LogP contribution in [0.1, 0.15) is 77.2 Å². The van der Waals surface area contributed by atoms with Crippen LogP contribution < -0.4 is 16.0 Å². The number of anilines is 1. The quantitative estimate of drug-likeness (QED) is 0.429. The molecule has 0 spiro atoms. The molecule has 1 aromatic carbocycles. The Morgan fingerprint density at radius 1 is 1.02 bits per heavy atom. The zero-order valence-electron chi connectivity index (χ0n) is 25.0. The third kappa shape index (κ3) is 6.30. The molecule has 0 radical (unpaired) electrons. The molecule has 1 aromatic rings. The molecule has 5 unspecified atom stereocenters. The molecule has 1 aliphatic carbocycles. The number of amides is 1. The van der Waals surface area contributed by atoms with Gasteiger partial charge in [-0.1, -0.05) is 44.9 Å². The maximum Gasteiger partial charge on any atom is 0.232 e. The van der Waals surface area contributed by atoms with Crippen molar-refractivity contribution in [3.8, 4) is 0 Å². The van der Waals surface area contributed by atoms with Crippen LogP contribution in [-0.2, 0) is 9.53 Å². The summed E-state index contributed by atoms with van der Waals surface area (Å²) in [6, 6.07) is 9.56. The maximum atomic E-state index is 14.4. The zero-order chi connectivity index (χ0) is 28.3. The molecule has 6 rings (SSSR count).